The molecule has 0 saturated carbocycles. The molecule has 0 bridgehead atoms. The van der Waals surface area contributed by atoms with E-state index in [0.717, 1.165) is 42.2 Å². The first-order valence-corrected chi connectivity index (χ1v) is 13.0. The first-order valence-electron chi connectivity index (χ1n) is 13.0. The van der Waals surface area contributed by atoms with E-state index < -0.39 is 0 Å². The van der Waals surface area contributed by atoms with Gasteiger partial charge in [-0.3, -0.25) is 4.79 Å². The highest BCUT2D eigenvalue weighted by atomic mass is 16.5. The molecule has 0 aliphatic rings. The topological polar surface area (TPSA) is 35.5 Å². The predicted molar refractivity (Wildman–Crippen MR) is 139 cm³/mol. The van der Waals surface area contributed by atoms with E-state index in [1.54, 1.807) is 0 Å². The molecule has 0 aliphatic heterocycles. The zero-order valence-corrected chi connectivity index (χ0v) is 21.3. The van der Waals surface area contributed by atoms with Crippen molar-refractivity contribution in [1.29, 1.82) is 0 Å². The van der Waals surface area contributed by atoms with Gasteiger partial charge >= 0.3 is 5.97 Å². The van der Waals surface area contributed by atoms with Crippen LogP contribution in [0.2, 0.25) is 0 Å². The number of hydrogen-bond donors (Lipinski definition) is 0. The standard InChI is InChI=1S/C30H44O3/c1-5-6-7-8-9-10-22-32-28-18-14-26(15-19-28)27-16-20-29(21-17-27)33-30(31)23-25(4)13-11-12-24(2)3/h14-21,24-25H,5-13,22-23H2,1-4H3/t25-/m0/s1. The zero-order valence-electron chi connectivity index (χ0n) is 21.3. The Morgan fingerprint density at radius 1 is 0.727 bits per heavy atom. The van der Waals surface area contributed by atoms with Crippen molar-refractivity contribution in [2.75, 3.05) is 6.61 Å². The van der Waals surface area contributed by atoms with Crippen molar-refractivity contribution in [3.05, 3.63) is 48.5 Å². The summed E-state index contributed by atoms with van der Waals surface area (Å²) in [6.07, 6.45) is 11.5. The Hall–Kier alpha value is -2.29. The minimum absolute atomic E-state index is 0.147. The van der Waals surface area contributed by atoms with Gasteiger partial charge in [0.1, 0.15) is 11.5 Å². The Morgan fingerprint density at radius 2 is 1.30 bits per heavy atom. The zero-order chi connectivity index (χ0) is 23.9. The highest BCUT2D eigenvalue weighted by Gasteiger charge is 2.12. The van der Waals surface area contributed by atoms with Crippen LogP contribution < -0.4 is 9.47 Å². The molecular weight excluding hydrogens is 408 g/mol. The van der Waals surface area contributed by atoms with Crippen LogP contribution >= 0.6 is 0 Å². The quantitative estimate of drug-likeness (QED) is 0.145. The molecule has 3 nitrogen and oxygen atoms in total. The lowest BCUT2D eigenvalue weighted by molar-refractivity contribution is -0.135. The normalized spacial score (nSPS) is 12.0. The summed E-state index contributed by atoms with van der Waals surface area (Å²) >= 11 is 0. The van der Waals surface area contributed by atoms with Gasteiger partial charge in [0.15, 0.2) is 0 Å². The van der Waals surface area contributed by atoms with E-state index in [2.05, 4.69) is 39.8 Å². The molecule has 0 N–H and O–H groups in total. The van der Waals surface area contributed by atoms with Crippen molar-refractivity contribution in [2.45, 2.75) is 91.9 Å². The van der Waals surface area contributed by atoms with Gasteiger partial charge in [-0.05, 0) is 53.6 Å². The van der Waals surface area contributed by atoms with Crippen LogP contribution in [0.15, 0.2) is 48.5 Å². The molecule has 182 valence electrons. The van der Waals surface area contributed by atoms with Crippen molar-refractivity contribution in [2.24, 2.45) is 11.8 Å². The van der Waals surface area contributed by atoms with Gasteiger partial charge in [0, 0.05) is 6.42 Å². The molecule has 2 aromatic rings. The number of hydrogen-bond acceptors (Lipinski definition) is 3. The van der Waals surface area contributed by atoms with E-state index in [1.165, 1.54) is 44.9 Å². The van der Waals surface area contributed by atoms with Gasteiger partial charge in [0.2, 0.25) is 0 Å². The van der Waals surface area contributed by atoms with Crippen LogP contribution in [0, 0.1) is 11.8 Å². The number of rotatable bonds is 16. The van der Waals surface area contributed by atoms with Gasteiger partial charge < -0.3 is 9.47 Å². The fraction of sp³-hybridized carbons (Fsp3) is 0.567. The van der Waals surface area contributed by atoms with E-state index in [-0.39, 0.29) is 5.97 Å². The Labute approximate surface area is 201 Å². The number of carbonyl (C=O) groups excluding carboxylic acids is 1. The molecule has 0 fully saturated rings. The van der Waals surface area contributed by atoms with Gasteiger partial charge in [-0.25, -0.2) is 0 Å². The van der Waals surface area contributed by atoms with Crippen molar-refractivity contribution in [3.8, 4) is 22.6 Å². The number of carbonyl (C=O) groups is 1. The molecule has 0 aromatic heterocycles. The summed E-state index contributed by atoms with van der Waals surface area (Å²) in [6, 6.07) is 16.0. The minimum Gasteiger partial charge on any atom is -0.494 e. The third-order valence-electron chi connectivity index (χ3n) is 6.03. The molecule has 33 heavy (non-hydrogen) atoms. The van der Waals surface area contributed by atoms with Gasteiger partial charge in [-0.1, -0.05) is 103 Å². The Kier molecular flexibility index (Phi) is 12.7. The van der Waals surface area contributed by atoms with E-state index in [4.69, 9.17) is 9.47 Å². The van der Waals surface area contributed by atoms with Crippen LogP contribution in [0.1, 0.15) is 91.9 Å². The Balaban J connectivity index is 1.73. The highest BCUT2D eigenvalue weighted by Crippen LogP contribution is 2.25. The third kappa shape index (κ3) is 11.4. The largest absolute Gasteiger partial charge is 0.494 e. The maximum Gasteiger partial charge on any atom is 0.311 e. The SMILES string of the molecule is CCCCCCCCOc1ccc(-c2ccc(OC(=O)C[C@@H](C)CCCC(C)C)cc2)cc1. The fourth-order valence-electron chi connectivity index (χ4n) is 3.97. The lowest BCUT2D eigenvalue weighted by Gasteiger charge is -2.12. The molecule has 2 aromatic carbocycles. The van der Waals surface area contributed by atoms with Gasteiger partial charge in [0.05, 0.1) is 6.61 Å². The summed E-state index contributed by atoms with van der Waals surface area (Å²) in [7, 11) is 0. The molecule has 0 amide bonds. The highest BCUT2D eigenvalue weighted by molar-refractivity contribution is 5.73. The average Bonchev–Trinajstić information content (AvgIpc) is 2.79. The van der Waals surface area contributed by atoms with E-state index in [9.17, 15) is 4.79 Å². The fourth-order valence-corrected chi connectivity index (χ4v) is 3.97. The lowest BCUT2D eigenvalue weighted by Crippen LogP contribution is -2.12. The molecule has 0 radical (unpaired) electrons. The van der Waals surface area contributed by atoms with Crippen molar-refractivity contribution < 1.29 is 14.3 Å². The molecule has 0 heterocycles. The van der Waals surface area contributed by atoms with Crippen molar-refractivity contribution in [3.63, 3.8) is 0 Å². The van der Waals surface area contributed by atoms with Crippen LogP contribution in [0.5, 0.6) is 11.5 Å². The number of benzene rings is 2. The van der Waals surface area contributed by atoms with E-state index in [1.807, 2.05) is 36.4 Å². The molecule has 0 saturated heterocycles. The second-order valence-electron chi connectivity index (χ2n) is 9.77. The molecule has 1 atom stereocenters. The third-order valence-corrected chi connectivity index (χ3v) is 6.03. The van der Waals surface area contributed by atoms with Crippen LogP contribution in [0.3, 0.4) is 0 Å². The van der Waals surface area contributed by atoms with Gasteiger partial charge in [0.25, 0.3) is 0 Å². The van der Waals surface area contributed by atoms with Crippen molar-refractivity contribution >= 4 is 5.97 Å². The monoisotopic (exact) mass is 452 g/mol. The van der Waals surface area contributed by atoms with E-state index >= 15 is 0 Å². The maximum atomic E-state index is 12.2. The average molecular weight is 453 g/mol. The molecule has 2 rings (SSSR count). The summed E-state index contributed by atoms with van der Waals surface area (Å²) in [5.74, 6) is 2.46. The molecular formula is C30H44O3. The smallest absolute Gasteiger partial charge is 0.311 e. The number of ether oxygens (including phenoxy) is 2. The van der Waals surface area contributed by atoms with Gasteiger partial charge in [-0.2, -0.15) is 0 Å². The Morgan fingerprint density at radius 3 is 1.91 bits per heavy atom. The Bertz CT molecular complexity index is 777. The van der Waals surface area contributed by atoms with E-state index in [0.29, 0.717) is 18.1 Å². The number of esters is 1. The molecule has 0 unspecified atom stereocenters. The first kappa shape index (κ1) is 27.0. The summed E-state index contributed by atoms with van der Waals surface area (Å²) in [6.45, 7) is 9.63. The molecule has 0 spiro atoms. The number of unbranched alkanes of at least 4 members (excludes halogenated alkanes) is 5. The summed E-state index contributed by atoms with van der Waals surface area (Å²) in [5, 5.41) is 0. The van der Waals surface area contributed by atoms with Crippen LogP contribution in [0.25, 0.3) is 11.1 Å². The summed E-state index contributed by atoms with van der Waals surface area (Å²) in [4.78, 5) is 12.2. The molecule has 0 aliphatic carbocycles. The van der Waals surface area contributed by atoms with Crippen LogP contribution in [-0.2, 0) is 4.79 Å². The maximum absolute atomic E-state index is 12.2. The van der Waals surface area contributed by atoms with Gasteiger partial charge in [-0.15, -0.1) is 0 Å². The van der Waals surface area contributed by atoms with Crippen LogP contribution in [-0.4, -0.2) is 12.6 Å². The second-order valence-corrected chi connectivity index (χ2v) is 9.77. The van der Waals surface area contributed by atoms with Crippen LogP contribution in [0.4, 0.5) is 0 Å². The summed E-state index contributed by atoms with van der Waals surface area (Å²) < 4.78 is 11.4. The minimum atomic E-state index is -0.147. The first-order chi connectivity index (χ1) is 16.0. The predicted octanol–water partition coefficient (Wildman–Crippen LogP) is 8.85. The second kappa shape index (κ2) is 15.5. The summed E-state index contributed by atoms with van der Waals surface area (Å²) in [5.41, 5.74) is 2.22. The van der Waals surface area contributed by atoms with Crippen molar-refractivity contribution in [1.82, 2.24) is 0 Å². The lowest BCUT2D eigenvalue weighted by atomic mass is 9.97. The molecule has 3 heteroatoms.